The lowest BCUT2D eigenvalue weighted by Crippen LogP contribution is -2.44. The number of nitrogens with one attached hydrogen (secondary N) is 1. The summed E-state index contributed by atoms with van der Waals surface area (Å²) in [4.78, 5) is 11.8. The molecular formula is C37H42N4O6S. The molecule has 48 heavy (non-hydrogen) atoms. The SMILES string of the molecule is COC[C@H](CN1CCOCC1)Nc1ccc2c(c1)Sc1cccc(-c3cc(N4CCOCC4)cc(OCc4ccc(OC)cc4)n3)c1O2. The van der Waals surface area contributed by atoms with Crippen molar-refractivity contribution in [1.29, 1.82) is 0 Å². The molecule has 0 spiro atoms. The highest BCUT2D eigenvalue weighted by Gasteiger charge is 2.25. The third-order valence-electron chi connectivity index (χ3n) is 8.66. The Kier molecular flexibility index (Phi) is 10.5. The van der Waals surface area contributed by atoms with Gasteiger partial charge in [-0.25, -0.2) is 4.98 Å². The van der Waals surface area contributed by atoms with Crippen molar-refractivity contribution in [2.24, 2.45) is 0 Å². The molecule has 2 fully saturated rings. The van der Waals surface area contributed by atoms with E-state index in [1.54, 1.807) is 26.0 Å². The highest BCUT2D eigenvalue weighted by Crippen LogP contribution is 2.51. The fourth-order valence-electron chi connectivity index (χ4n) is 6.15. The number of hydrogen-bond acceptors (Lipinski definition) is 11. The molecule has 3 aliphatic rings. The summed E-state index contributed by atoms with van der Waals surface area (Å²) in [6.45, 7) is 8.33. The third-order valence-corrected chi connectivity index (χ3v) is 9.74. The quantitative estimate of drug-likeness (QED) is 0.165. The van der Waals surface area contributed by atoms with E-state index < -0.39 is 0 Å². The minimum absolute atomic E-state index is 0.158. The van der Waals surface area contributed by atoms with Crippen LogP contribution in [0.2, 0.25) is 0 Å². The summed E-state index contributed by atoms with van der Waals surface area (Å²) in [7, 11) is 3.42. The van der Waals surface area contributed by atoms with Crippen LogP contribution in [-0.2, 0) is 20.8 Å². The van der Waals surface area contributed by atoms with E-state index in [0.29, 0.717) is 32.3 Å². The summed E-state index contributed by atoms with van der Waals surface area (Å²) in [6, 6.07) is 24.7. The van der Waals surface area contributed by atoms with Crippen LogP contribution in [0.3, 0.4) is 0 Å². The lowest BCUT2D eigenvalue weighted by molar-refractivity contribution is 0.0319. The van der Waals surface area contributed by atoms with E-state index >= 15 is 0 Å². The maximum Gasteiger partial charge on any atom is 0.216 e. The van der Waals surface area contributed by atoms with Gasteiger partial charge in [0, 0.05) is 62.8 Å². The molecule has 4 aromatic rings. The topological polar surface area (TPSA) is 86.8 Å². The van der Waals surface area contributed by atoms with Gasteiger partial charge in [0.05, 0.1) is 61.7 Å². The second-order valence-electron chi connectivity index (χ2n) is 12.0. The number of rotatable bonds is 12. The van der Waals surface area contributed by atoms with E-state index in [9.17, 15) is 0 Å². The zero-order valence-electron chi connectivity index (χ0n) is 27.5. The normalized spacial score (nSPS) is 16.8. The van der Waals surface area contributed by atoms with Crippen molar-refractivity contribution in [2.75, 3.05) is 90.2 Å². The Hall–Kier alpha value is -4.00. The van der Waals surface area contributed by atoms with E-state index in [1.807, 2.05) is 36.4 Å². The van der Waals surface area contributed by atoms with Gasteiger partial charge in [-0.05, 0) is 54.1 Å². The second-order valence-corrected chi connectivity index (χ2v) is 13.1. The molecule has 0 radical (unpaired) electrons. The van der Waals surface area contributed by atoms with Crippen molar-refractivity contribution >= 4 is 23.1 Å². The zero-order valence-corrected chi connectivity index (χ0v) is 28.3. The second kappa shape index (κ2) is 15.5. The Bertz CT molecular complexity index is 1680. The summed E-state index contributed by atoms with van der Waals surface area (Å²) >= 11 is 1.71. The molecule has 0 bridgehead atoms. The average Bonchev–Trinajstić information content (AvgIpc) is 3.14. The zero-order chi connectivity index (χ0) is 32.7. The van der Waals surface area contributed by atoms with E-state index in [-0.39, 0.29) is 6.04 Å². The number of anilines is 2. The lowest BCUT2D eigenvalue weighted by Gasteiger charge is -2.31. The van der Waals surface area contributed by atoms with Gasteiger partial charge in [0.1, 0.15) is 18.1 Å². The number of para-hydroxylation sites is 1. The van der Waals surface area contributed by atoms with Crippen LogP contribution in [0.4, 0.5) is 11.4 Å². The van der Waals surface area contributed by atoms with E-state index in [1.165, 1.54) is 0 Å². The van der Waals surface area contributed by atoms with Crippen LogP contribution in [0, 0.1) is 0 Å². The van der Waals surface area contributed by atoms with E-state index in [4.69, 9.17) is 33.4 Å². The molecule has 3 aromatic carbocycles. The van der Waals surface area contributed by atoms with Crippen molar-refractivity contribution in [1.82, 2.24) is 9.88 Å². The number of morpholine rings is 2. The van der Waals surface area contributed by atoms with Crippen LogP contribution < -0.4 is 24.4 Å². The van der Waals surface area contributed by atoms with Crippen LogP contribution >= 0.6 is 11.8 Å². The predicted octanol–water partition coefficient (Wildman–Crippen LogP) is 6.19. The molecule has 252 valence electrons. The molecular weight excluding hydrogens is 628 g/mol. The maximum absolute atomic E-state index is 6.65. The first-order valence-corrected chi connectivity index (χ1v) is 17.3. The molecule has 0 saturated carbocycles. The maximum atomic E-state index is 6.65. The van der Waals surface area contributed by atoms with Crippen molar-refractivity contribution in [3.63, 3.8) is 0 Å². The van der Waals surface area contributed by atoms with Crippen LogP contribution in [0.15, 0.2) is 82.6 Å². The molecule has 4 heterocycles. The first-order chi connectivity index (χ1) is 23.6. The Labute approximate surface area is 286 Å². The van der Waals surface area contributed by atoms with E-state index in [0.717, 1.165) is 101 Å². The number of methoxy groups -OCH3 is 2. The first-order valence-electron chi connectivity index (χ1n) is 16.4. The van der Waals surface area contributed by atoms with E-state index in [2.05, 4.69) is 51.5 Å². The van der Waals surface area contributed by atoms with Gasteiger partial charge in [-0.2, -0.15) is 0 Å². The standard InChI is InChI=1S/C37H42N4O6S/c1-42-25-28(23-40-12-16-44-17-13-40)38-27-8-11-33-35(20-27)48-34-5-3-4-31(37(34)47-33)32-21-29(41-14-18-45-19-15-41)22-36(39-32)46-24-26-6-9-30(43-2)10-7-26/h3-11,20-22,28,38H,12-19,23-25H2,1-2H3/t28-/m0/s1. The summed E-state index contributed by atoms with van der Waals surface area (Å²) in [5.74, 6) is 2.99. The fourth-order valence-corrected chi connectivity index (χ4v) is 7.18. The Morgan fingerprint density at radius 1 is 0.875 bits per heavy atom. The van der Waals surface area contributed by atoms with Crippen molar-refractivity contribution in [2.45, 2.75) is 22.4 Å². The predicted molar refractivity (Wildman–Crippen MR) is 187 cm³/mol. The van der Waals surface area contributed by atoms with Crippen molar-refractivity contribution < 1.29 is 28.4 Å². The molecule has 3 aliphatic heterocycles. The third kappa shape index (κ3) is 7.82. The molecule has 2 saturated heterocycles. The van der Waals surface area contributed by atoms with Crippen LogP contribution in [0.5, 0.6) is 23.1 Å². The van der Waals surface area contributed by atoms with Crippen LogP contribution in [0.25, 0.3) is 11.3 Å². The van der Waals surface area contributed by atoms with Gasteiger partial charge in [0.2, 0.25) is 5.88 Å². The van der Waals surface area contributed by atoms with Crippen LogP contribution in [-0.4, -0.2) is 95.9 Å². The first kappa shape index (κ1) is 32.5. The molecule has 10 nitrogen and oxygen atoms in total. The highest BCUT2D eigenvalue weighted by molar-refractivity contribution is 7.99. The molecule has 11 heteroatoms. The minimum Gasteiger partial charge on any atom is -0.497 e. The van der Waals surface area contributed by atoms with Gasteiger partial charge >= 0.3 is 0 Å². The number of fused-ring (bicyclic) bond motifs is 2. The molecule has 0 aliphatic carbocycles. The summed E-state index contributed by atoms with van der Waals surface area (Å²) < 4.78 is 35.0. The fraction of sp³-hybridized carbons (Fsp3) is 0.378. The molecule has 1 N–H and O–H groups in total. The van der Waals surface area contributed by atoms with Gasteiger partial charge in [-0.1, -0.05) is 30.0 Å². The van der Waals surface area contributed by atoms with Crippen molar-refractivity contribution in [3.8, 4) is 34.4 Å². The number of nitrogens with zero attached hydrogens (tertiary/aromatic N) is 3. The number of benzene rings is 3. The number of hydrogen-bond donors (Lipinski definition) is 1. The average molecular weight is 671 g/mol. The highest BCUT2D eigenvalue weighted by atomic mass is 32.2. The Morgan fingerprint density at radius 2 is 1.67 bits per heavy atom. The largest absolute Gasteiger partial charge is 0.497 e. The summed E-state index contributed by atoms with van der Waals surface area (Å²) in [6.07, 6.45) is 0. The van der Waals surface area contributed by atoms with Gasteiger partial charge in [0.15, 0.2) is 5.75 Å². The lowest BCUT2D eigenvalue weighted by atomic mass is 10.1. The molecule has 0 unspecified atom stereocenters. The van der Waals surface area contributed by atoms with Gasteiger partial charge in [0.25, 0.3) is 0 Å². The minimum atomic E-state index is 0.158. The van der Waals surface area contributed by atoms with Gasteiger partial charge in [-0.15, -0.1) is 0 Å². The Balaban J connectivity index is 1.13. The smallest absolute Gasteiger partial charge is 0.216 e. The number of pyridine rings is 1. The number of ether oxygens (including phenoxy) is 6. The molecule has 1 atom stereocenters. The van der Waals surface area contributed by atoms with Crippen LogP contribution in [0.1, 0.15) is 5.56 Å². The number of aromatic nitrogens is 1. The van der Waals surface area contributed by atoms with Gasteiger partial charge < -0.3 is 38.6 Å². The monoisotopic (exact) mass is 670 g/mol. The molecule has 1 aromatic heterocycles. The summed E-state index contributed by atoms with van der Waals surface area (Å²) in [5, 5.41) is 3.69. The van der Waals surface area contributed by atoms with Crippen molar-refractivity contribution in [3.05, 3.63) is 78.4 Å². The molecule has 0 amide bonds. The van der Waals surface area contributed by atoms with Gasteiger partial charge in [-0.3, -0.25) is 4.90 Å². The summed E-state index contributed by atoms with van der Waals surface area (Å²) in [5.41, 5.74) is 4.84. The molecule has 7 rings (SSSR count). The Morgan fingerprint density at radius 3 is 2.44 bits per heavy atom.